The van der Waals surface area contributed by atoms with Crippen LogP contribution in [0, 0.1) is 11.8 Å². The molecular formula is C27H34O3S. The van der Waals surface area contributed by atoms with Gasteiger partial charge in [0.25, 0.3) is 0 Å². The third-order valence-corrected chi connectivity index (χ3v) is 6.83. The van der Waals surface area contributed by atoms with E-state index in [0.29, 0.717) is 13.0 Å². The number of esters is 1. The number of unbranched alkanes of at least 4 members (excludes halogenated alkanes) is 3. The Morgan fingerprint density at radius 2 is 2.00 bits per heavy atom. The van der Waals surface area contributed by atoms with Crippen molar-refractivity contribution in [2.75, 3.05) is 13.2 Å². The highest BCUT2D eigenvalue weighted by Crippen LogP contribution is 2.40. The Bertz CT molecular complexity index is 959. The largest absolute Gasteiger partial charge is 0.493 e. The summed E-state index contributed by atoms with van der Waals surface area (Å²) in [6, 6.07) is 8.45. The van der Waals surface area contributed by atoms with Crippen LogP contribution >= 0.6 is 11.3 Å². The van der Waals surface area contributed by atoms with Gasteiger partial charge in [-0.05, 0) is 61.4 Å². The van der Waals surface area contributed by atoms with E-state index in [2.05, 4.69) is 44.7 Å². The molecule has 0 spiro atoms. The molecule has 0 radical (unpaired) electrons. The maximum absolute atomic E-state index is 11.7. The van der Waals surface area contributed by atoms with Crippen molar-refractivity contribution >= 4 is 17.3 Å². The molecule has 1 aliphatic heterocycles. The number of thiophene rings is 1. The quantitative estimate of drug-likeness (QED) is 0.270. The first kappa shape index (κ1) is 23.4. The second kappa shape index (κ2) is 10.9. The summed E-state index contributed by atoms with van der Waals surface area (Å²) < 4.78 is 11.1. The monoisotopic (exact) mass is 438 g/mol. The molecule has 0 saturated carbocycles. The summed E-state index contributed by atoms with van der Waals surface area (Å²) in [5, 5.41) is 0. The summed E-state index contributed by atoms with van der Waals surface area (Å²) in [7, 11) is 0. The smallest absolute Gasteiger partial charge is 0.311 e. The maximum atomic E-state index is 11.7. The Labute approximate surface area is 191 Å². The molecule has 0 N–H and O–H groups in total. The molecule has 0 fully saturated rings. The fourth-order valence-corrected chi connectivity index (χ4v) is 4.76. The first-order chi connectivity index (χ1) is 14.9. The second-order valence-corrected chi connectivity index (χ2v) is 9.96. The van der Waals surface area contributed by atoms with E-state index >= 15 is 0 Å². The summed E-state index contributed by atoms with van der Waals surface area (Å²) in [6.45, 7) is 9.83. The van der Waals surface area contributed by atoms with Crippen LogP contribution in [0.3, 0.4) is 0 Å². The summed E-state index contributed by atoms with van der Waals surface area (Å²) in [4.78, 5) is 13.7. The van der Waals surface area contributed by atoms with Crippen molar-refractivity contribution in [3.05, 3.63) is 50.7 Å². The normalized spacial score (nSPS) is 14.2. The molecule has 166 valence electrons. The topological polar surface area (TPSA) is 35.5 Å². The Morgan fingerprint density at radius 1 is 1.16 bits per heavy atom. The minimum Gasteiger partial charge on any atom is -0.493 e. The molecule has 2 aromatic rings. The molecule has 0 bridgehead atoms. The van der Waals surface area contributed by atoms with E-state index < -0.39 is 0 Å². The zero-order valence-corrected chi connectivity index (χ0v) is 20.1. The molecule has 3 nitrogen and oxygen atoms in total. The summed E-state index contributed by atoms with van der Waals surface area (Å²) >= 11 is 1.57. The molecule has 4 heteroatoms. The van der Waals surface area contributed by atoms with E-state index in [-0.39, 0.29) is 11.4 Å². The number of rotatable bonds is 8. The van der Waals surface area contributed by atoms with Crippen LogP contribution in [0.15, 0.2) is 24.3 Å². The van der Waals surface area contributed by atoms with Gasteiger partial charge in [-0.15, -0.1) is 11.3 Å². The van der Waals surface area contributed by atoms with Gasteiger partial charge < -0.3 is 9.47 Å². The highest BCUT2D eigenvalue weighted by Gasteiger charge is 2.29. The Morgan fingerprint density at radius 3 is 2.77 bits per heavy atom. The van der Waals surface area contributed by atoms with Crippen molar-refractivity contribution < 1.29 is 14.3 Å². The molecule has 1 aromatic carbocycles. The lowest BCUT2D eigenvalue weighted by molar-refractivity contribution is -0.142. The Hall–Kier alpha value is -2.25. The second-order valence-electron chi connectivity index (χ2n) is 8.80. The zero-order valence-electron chi connectivity index (χ0n) is 19.3. The van der Waals surface area contributed by atoms with E-state index in [9.17, 15) is 4.79 Å². The number of carbonyl (C=O) groups is 1. The van der Waals surface area contributed by atoms with Gasteiger partial charge in [0.2, 0.25) is 0 Å². The van der Waals surface area contributed by atoms with Crippen LogP contribution in [0.4, 0.5) is 0 Å². The van der Waals surface area contributed by atoms with Crippen molar-refractivity contribution in [1.82, 2.24) is 0 Å². The lowest BCUT2D eigenvalue weighted by Crippen LogP contribution is -2.27. The fraction of sp³-hybridized carbons (Fsp3) is 0.519. The minimum absolute atomic E-state index is 0.0977. The van der Waals surface area contributed by atoms with Crippen molar-refractivity contribution in [2.45, 2.75) is 78.1 Å². The molecule has 2 heterocycles. The van der Waals surface area contributed by atoms with Gasteiger partial charge in [-0.25, -0.2) is 0 Å². The van der Waals surface area contributed by atoms with Gasteiger partial charge in [-0.2, -0.15) is 0 Å². The van der Waals surface area contributed by atoms with Crippen LogP contribution in [0.2, 0.25) is 0 Å². The minimum atomic E-state index is -0.185. The highest BCUT2D eigenvalue weighted by atomic mass is 32.1. The van der Waals surface area contributed by atoms with Crippen LogP contribution in [-0.2, 0) is 27.8 Å². The van der Waals surface area contributed by atoms with Crippen LogP contribution in [-0.4, -0.2) is 19.2 Å². The van der Waals surface area contributed by atoms with E-state index in [4.69, 9.17) is 9.47 Å². The van der Waals surface area contributed by atoms with Crippen LogP contribution in [0.5, 0.6) is 5.75 Å². The van der Waals surface area contributed by atoms with E-state index in [1.807, 2.05) is 19.1 Å². The first-order valence-electron chi connectivity index (χ1n) is 11.5. The SMILES string of the molecule is CCCCCCc1cc2c(cc1C#Cc1ccc(CC(=O)OCC)s1)C(C)(C)CCO2. The molecule has 3 rings (SSSR count). The predicted octanol–water partition coefficient (Wildman–Crippen LogP) is 6.44. The third kappa shape index (κ3) is 6.37. The Kier molecular flexibility index (Phi) is 8.21. The van der Waals surface area contributed by atoms with Crippen molar-refractivity contribution in [3.8, 4) is 17.6 Å². The number of hydrogen-bond acceptors (Lipinski definition) is 4. The lowest BCUT2D eigenvalue weighted by Gasteiger charge is -2.33. The molecule has 1 aliphatic rings. The van der Waals surface area contributed by atoms with Crippen LogP contribution in [0.25, 0.3) is 0 Å². The molecular weight excluding hydrogens is 404 g/mol. The standard InChI is InChI=1S/C27H34O3S/c1-5-7-8-9-10-20-18-25-24(27(3,4)15-16-30-25)17-21(20)11-12-22-13-14-23(31-22)19-26(28)29-6-2/h13-14,17-18H,5-10,15-16,19H2,1-4H3. The number of ether oxygens (including phenoxy) is 2. The van der Waals surface area contributed by atoms with Gasteiger partial charge in [0.15, 0.2) is 0 Å². The molecule has 0 saturated heterocycles. The summed E-state index contributed by atoms with van der Waals surface area (Å²) in [5.41, 5.74) is 3.74. The maximum Gasteiger partial charge on any atom is 0.311 e. The average Bonchev–Trinajstić information content (AvgIpc) is 3.17. The van der Waals surface area contributed by atoms with Crippen molar-refractivity contribution in [1.29, 1.82) is 0 Å². The molecule has 1 aromatic heterocycles. The zero-order chi connectivity index (χ0) is 22.3. The third-order valence-electron chi connectivity index (χ3n) is 5.82. The Balaban J connectivity index is 1.85. The molecule has 0 atom stereocenters. The van der Waals surface area contributed by atoms with E-state index in [1.54, 1.807) is 11.3 Å². The van der Waals surface area contributed by atoms with Crippen LogP contribution in [0.1, 0.15) is 86.2 Å². The summed E-state index contributed by atoms with van der Waals surface area (Å²) in [5.74, 6) is 7.62. The van der Waals surface area contributed by atoms with Crippen molar-refractivity contribution in [2.24, 2.45) is 0 Å². The number of aryl methyl sites for hydroxylation is 1. The lowest BCUT2D eigenvalue weighted by atomic mass is 9.78. The van der Waals surface area contributed by atoms with Crippen LogP contribution < -0.4 is 4.74 Å². The number of fused-ring (bicyclic) bond motifs is 1. The van der Waals surface area contributed by atoms with Crippen molar-refractivity contribution in [3.63, 3.8) is 0 Å². The number of hydrogen-bond donors (Lipinski definition) is 0. The number of benzene rings is 1. The van der Waals surface area contributed by atoms with Gasteiger partial charge in [-0.3, -0.25) is 4.79 Å². The highest BCUT2D eigenvalue weighted by molar-refractivity contribution is 7.12. The first-order valence-corrected chi connectivity index (χ1v) is 12.3. The summed E-state index contributed by atoms with van der Waals surface area (Å²) in [6.07, 6.45) is 7.29. The predicted molar refractivity (Wildman–Crippen MR) is 128 cm³/mol. The molecule has 0 aliphatic carbocycles. The van der Waals surface area contributed by atoms with Gasteiger partial charge in [0.05, 0.1) is 24.5 Å². The van der Waals surface area contributed by atoms with E-state index in [1.165, 1.54) is 36.8 Å². The molecule has 31 heavy (non-hydrogen) atoms. The molecule has 0 unspecified atom stereocenters. The van der Waals surface area contributed by atoms with Gasteiger partial charge in [-0.1, -0.05) is 51.9 Å². The average molecular weight is 439 g/mol. The molecule has 0 amide bonds. The van der Waals surface area contributed by atoms with Gasteiger partial charge in [0, 0.05) is 16.0 Å². The number of carbonyl (C=O) groups excluding carboxylic acids is 1. The van der Waals surface area contributed by atoms with E-state index in [0.717, 1.165) is 40.5 Å². The van der Waals surface area contributed by atoms with Gasteiger partial charge >= 0.3 is 5.97 Å². The fourth-order valence-electron chi connectivity index (χ4n) is 3.91. The van der Waals surface area contributed by atoms with Gasteiger partial charge in [0.1, 0.15) is 5.75 Å².